The lowest BCUT2D eigenvalue weighted by atomic mass is 10.1. The van der Waals surface area contributed by atoms with E-state index in [4.69, 9.17) is 4.74 Å². The molecule has 0 saturated carbocycles. The maximum absolute atomic E-state index is 12.8. The molecule has 1 aliphatic heterocycles. The van der Waals surface area contributed by atoms with Gasteiger partial charge in [-0.15, -0.1) is 11.8 Å². The summed E-state index contributed by atoms with van der Waals surface area (Å²) in [5.41, 5.74) is 2.97. The fourth-order valence-corrected chi connectivity index (χ4v) is 4.38. The van der Waals surface area contributed by atoms with Crippen molar-refractivity contribution in [3.63, 3.8) is 0 Å². The molecule has 0 aromatic heterocycles. The Morgan fingerprint density at radius 3 is 2.64 bits per heavy atom. The van der Waals surface area contributed by atoms with Crippen molar-refractivity contribution in [2.45, 2.75) is 43.3 Å². The van der Waals surface area contributed by atoms with Gasteiger partial charge in [-0.25, -0.2) is 0 Å². The van der Waals surface area contributed by atoms with Gasteiger partial charge in [0.2, 0.25) is 5.91 Å². The van der Waals surface area contributed by atoms with Gasteiger partial charge in [0.25, 0.3) is 0 Å². The normalized spacial score (nSPS) is 19.3. The van der Waals surface area contributed by atoms with Gasteiger partial charge >= 0.3 is 0 Å². The summed E-state index contributed by atoms with van der Waals surface area (Å²) in [6.07, 6.45) is 3.66. The van der Waals surface area contributed by atoms with E-state index >= 15 is 0 Å². The minimum atomic E-state index is -0.00227. The number of amides is 1. The molecule has 1 unspecified atom stereocenters. The molecule has 2 aliphatic rings. The van der Waals surface area contributed by atoms with Gasteiger partial charge in [0.05, 0.1) is 18.5 Å². The minimum Gasteiger partial charge on any atom is -0.378 e. The summed E-state index contributed by atoms with van der Waals surface area (Å²) >= 11 is 1.73. The number of morpholine rings is 1. The van der Waals surface area contributed by atoms with E-state index in [1.165, 1.54) is 35.3 Å². The summed E-state index contributed by atoms with van der Waals surface area (Å²) in [5.74, 6) is 0.595. The summed E-state index contributed by atoms with van der Waals surface area (Å²) in [4.78, 5) is 16.0. The molecule has 1 amide bonds. The van der Waals surface area contributed by atoms with Crippen molar-refractivity contribution >= 4 is 17.7 Å². The van der Waals surface area contributed by atoms with E-state index in [1.54, 1.807) is 11.8 Å². The van der Waals surface area contributed by atoms with Crippen LogP contribution in [-0.2, 0) is 22.4 Å². The zero-order chi connectivity index (χ0) is 15.5. The highest BCUT2D eigenvalue weighted by Crippen LogP contribution is 2.33. The summed E-state index contributed by atoms with van der Waals surface area (Å²) in [5, 5.41) is -0.00227. The average molecular weight is 319 g/mol. The van der Waals surface area contributed by atoms with E-state index in [2.05, 4.69) is 32.0 Å². The van der Waals surface area contributed by atoms with Crippen LogP contribution in [0.3, 0.4) is 0 Å². The van der Waals surface area contributed by atoms with E-state index in [0.29, 0.717) is 19.1 Å². The molecule has 0 radical (unpaired) electrons. The Hall–Kier alpha value is -1.00. The summed E-state index contributed by atoms with van der Waals surface area (Å²) in [6, 6.07) is 6.74. The number of fused-ring (bicyclic) bond motifs is 1. The second kappa shape index (κ2) is 7.05. The van der Waals surface area contributed by atoms with Gasteiger partial charge in [-0.05, 0) is 48.4 Å². The standard InChI is InChI=1S/C18H25NO2S/c1-13(2)17(18(20)19-8-10-21-11-9-19)22-16-7-6-14-4-3-5-15(14)12-16/h6-7,12-13,17H,3-5,8-11H2,1-2H3. The Labute approximate surface area is 137 Å². The van der Waals surface area contributed by atoms with Crippen molar-refractivity contribution in [2.75, 3.05) is 26.3 Å². The molecule has 3 rings (SSSR count). The van der Waals surface area contributed by atoms with Crippen LogP contribution in [0.25, 0.3) is 0 Å². The van der Waals surface area contributed by atoms with Crippen LogP contribution in [0.2, 0.25) is 0 Å². The van der Waals surface area contributed by atoms with E-state index in [0.717, 1.165) is 13.1 Å². The van der Waals surface area contributed by atoms with E-state index < -0.39 is 0 Å². The number of benzene rings is 1. The van der Waals surface area contributed by atoms with E-state index in [1.807, 2.05) is 4.90 Å². The zero-order valence-electron chi connectivity index (χ0n) is 13.5. The fourth-order valence-electron chi connectivity index (χ4n) is 3.20. The highest BCUT2D eigenvalue weighted by Gasteiger charge is 2.29. The Morgan fingerprint density at radius 2 is 1.91 bits per heavy atom. The molecule has 4 heteroatoms. The Bertz CT molecular complexity index is 538. The van der Waals surface area contributed by atoms with Crippen molar-refractivity contribution in [2.24, 2.45) is 5.92 Å². The van der Waals surface area contributed by atoms with Gasteiger partial charge in [-0.2, -0.15) is 0 Å². The topological polar surface area (TPSA) is 29.5 Å². The van der Waals surface area contributed by atoms with Crippen LogP contribution in [-0.4, -0.2) is 42.4 Å². The Balaban J connectivity index is 1.72. The van der Waals surface area contributed by atoms with Crippen LogP contribution >= 0.6 is 11.8 Å². The molecule has 120 valence electrons. The molecule has 1 aromatic rings. The van der Waals surface area contributed by atoms with Gasteiger partial charge < -0.3 is 9.64 Å². The SMILES string of the molecule is CC(C)C(Sc1ccc2c(c1)CCC2)C(=O)N1CCOCC1. The van der Waals surface area contributed by atoms with Gasteiger partial charge in [-0.3, -0.25) is 4.79 Å². The fraction of sp³-hybridized carbons (Fsp3) is 0.611. The lowest BCUT2D eigenvalue weighted by molar-refractivity contribution is -0.135. The van der Waals surface area contributed by atoms with Crippen LogP contribution in [0.15, 0.2) is 23.1 Å². The molecule has 1 atom stereocenters. The second-order valence-corrected chi connectivity index (χ2v) is 7.72. The lowest BCUT2D eigenvalue weighted by Crippen LogP contribution is -2.46. The maximum atomic E-state index is 12.8. The van der Waals surface area contributed by atoms with Crippen molar-refractivity contribution in [3.8, 4) is 0 Å². The molecule has 1 aliphatic carbocycles. The Morgan fingerprint density at radius 1 is 1.18 bits per heavy atom. The molecule has 1 saturated heterocycles. The Kier molecular flexibility index (Phi) is 5.09. The third-order valence-electron chi connectivity index (χ3n) is 4.50. The van der Waals surface area contributed by atoms with Crippen LogP contribution in [0.4, 0.5) is 0 Å². The quantitative estimate of drug-likeness (QED) is 0.799. The molecular weight excluding hydrogens is 294 g/mol. The number of thioether (sulfide) groups is 1. The number of hydrogen-bond donors (Lipinski definition) is 0. The monoisotopic (exact) mass is 319 g/mol. The van der Waals surface area contributed by atoms with Crippen molar-refractivity contribution in [1.82, 2.24) is 4.90 Å². The predicted molar refractivity (Wildman–Crippen MR) is 90.3 cm³/mol. The maximum Gasteiger partial charge on any atom is 0.236 e. The number of aryl methyl sites for hydroxylation is 2. The first-order valence-electron chi connectivity index (χ1n) is 8.30. The molecule has 0 spiro atoms. The predicted octanol–water partition coefficient (Wildman–Crippen LogP) is 3.15. The van der Waals surface area contributed by atoms with Crippen LogP contribution in [0.1, 0.15) is 31.4 Å². The first-order chi connectivity index (χ1) is 10.6. The summed E-state index contributed by atoms with van der Waals surface area (Å²) < 4.78 is 5.36. The van der Waals surface area contributed by atoms with Crippen LogP contribution < -0.4 is 0 Å². The third kappa shape index (κ3) is 3.49. The molecule has 22 heavy (non-hydrogen) atoms. The van der Waals surface area contributed by atoms with Crippen LogP contribution in [0, 0.1) is 5.92 Å². The largest absolute Gasteiger partial charge is 0.378 e. The van der Waals surface area contributed by atoms with Gasteiger partial charge in [0.1, 0.15) is 0 Å². The summed E-state index contributed by atoms with van der Waals surface area (Å²) in [6.45, 7) is 7.08. The lowest BCUT2D eigenvalue weighted by Gasteiger charge is -2.31. The number of rotatable bonds is 4. The third-order valence-corrected chi connectivity index (χ3v) is 6.03. The molecule has 1 heterocycles. The van der Waals surface area contributed by atoms with E-state index in [-0.39, 0.29) is 11.2 Å². The second-order valence-electron chi connectivity index (χ2n) is 6.50. The number of nitrogens with zero attached hydrogens (tertiary/aromatic N) is 1. The molecule has 1 aromatic carbocycles. The van der Waals surface area contributed by atoms with Crippen molar-refractivity contribution < 1.29 is 9.53 Å². The van der Waals surface area contributed by atoms with Crippen molar-refractivity contribution in [3.05, 3.63) is 29.3 Å². The van der Waals surface area contributed by atoms with Gasteiger partial charge in [-0.1, -0.05) is 19.9 Å². The number of carbonyl (C=O) groups excluding carboxylic acids is 1. The molecule has 0 N–H and O–H groups in total. The highest BCUT2D eigenvalue weighted by atomic mass is 32.2. The number of hydrogen-bond acceptors (Lipinski definition) is 3. The number of ether oxygens (including phenoxy) is 1. The molecule has 1 fully saturated rings. The zero-order valence-corrected chi connectivity index (χ0v) is 14.3. The number of carbonyl (C=O) groups is 1. The molecule has 0 bridgehead atoms. The first kappa shape index (κ1) is 15.9. The highest BCUT2D eigenvalue weighted by molar-refractivity contribution is 8.00. The first-order valence-corrected chi connectivity index (χ1v) is 9.18. The average Bonchev–Trinajstić information content (AvgIpc) is 3.00. The van der Waals surface area contributed by atoms with E-state index in [9.17, 15) is 4.79 Å². The molecular formula is C18H25NO2S. The minimum absolute atomic E-state index is 0.00227. The van der Waals surface area contributed by atoms with Gasteiger partial charge in [0.15, 0.2) is 0 Å². The van der Waals surface area contributed by atoms with Crippen molar-refractivity contribution in [1.29, 1.82) is 0 Å². The summed E-state index contributed by atoms with van der Waals surface area (Å²) in [7, 11) is 0. The van der Waals surface area contributed by atoms with Gasteiger partial charge in [0, 0.05) is 18.0 Å². The smallest absolute Gasteiger partial charge is 0.236 e. The molecule has 3 nitrogen and oxygen atoms in total. The van der Waals surface area contributed by atoms with Crippen LogP contribution in [0.5, 0.6) is 0 Å².